The number of rotatable bonds is 2. The summed E-state index contributed by atoms with van der Waals surface area (Å²) in [5.41, 5.74) is 1.08. The first-order valence-electron chi connectivity index (χ1n) is 6.12. The van der Waals surface area contributed by atoms with Gasteiger partial charge in [0.25, 0.3) is 0 Å². The highest BCUT2D eigenvalue weighted by atomic mass is 79.9. The van der Waals surface area contributed by atoms with E-state index in [1.54, 1.807) is 7.11 Å². The lowest BCUT2D eigenvalue weighted by atomic mass is 10.1. The van der Waals surface area contributed by atoms with Gasteiger partial charge < -0.3 is 21.7 Å². The molecule has 0 aliphatic rings. The van der Waals surface area contributed by atoms with E-state index in [0.29, 0.717) is 0 Å². The first-order valence-corrected chi connectivity index (χ1v) is 7.71. The molecule has 3 aromatic rings. The Morgan fingerprint density at radius 2 is 1.86 bits per heavy atom. The van der Waals surface area contributed by atoms with Gasteiger partial charge in [0, 0.05) is 16.6 Å². The zero-order valence-electron chi connectivity index (χ0n) is 11.2. The van der Waals surface area contributed by atoms with Gasteiger partial charge in [-0.3, -0.25) is 0 Å². The number of fused-ring (bicyclic) bond motifs is 1. The molecular formula is C16H12Br3NO. The van der Waals surface area contributed by atoms with Gasteiger partial charge in [0.1, 0.15) is 5.75 Å². The molecular weight excluding hydrogens is 462 g/mol. The normalized spacial score (nSPS) is 10.2. The number of hydrogen-bond donors (Lipinski definition) is 0. The highest BCUT2D eigenvalue weighted by molar-refractivity contribution is 9.11. The molecule has 0 N–H and O–H groups in total. The minimum Gasteiger partial charge on any atom is -1.00 e. The van der Waals surface area contributed by atoms with Crippen LogP contribution in [0, 0.1) is 0 Å². The average molecular weight is 474 g/mol. The maximum absolute atomic E-state index is 5.44. The Morgan fingerprint density at radius 3 is 2.57 bits per heavy atom. The summed E-state index contributed by atoms with van der Waals surface area (Å²) in [7, 11) is 1.70. The fourth-order valence-corrected chi connectivity index (χ4v) is 3.46. The molecule has 3 rings (SSSR count). The average Bonchev–Trinajstić information content (AvgIpc) is 2.46. The number of nitrogens with zero attached hydrogens (tertiary/aromatic N) is 1. The summed E-state index contributed by atoms with van der Waals surface area (Å²) in [6.45, 7) is 0. The fourth-order valence-electron chi connectivity index (χ4n) is 2.21. The van der Waals surface area contributed by atoms with Gasteiger partial charge in [-0.2, -0.15) is 4.57 Å². The third-order valence-electron chi connectivity index (χ3n) is 3.19. The zero-order chi connectivity index (χ0) is 14.1. The molecule has 0 fully saturated rings. The Morgan fingerprint density at radius 1 is 1.05 bits per heavy atom. The molecule has 0 aliphatic carbocycles. The Labute approximate surface area is 150 Å². The van der Waals surface area contributed by atoms with E-state index in [1.165, 1.54) is 0 Å². The van der Waals surface area contributed by atoms with Crippen molar-refractivity contribution in [1.82, 2.24) is 0 Å². The maximum Gasteiger partial charge on any atom is 0.224 e. The summed E-state index contributed by atoms with van der Waals surface area (Å²) >= 11 is 7.07. The summed E-state index contributed by atoms with van der Waals surface area (Å²) in [6.07, 6.45) is 4.14. The number of halogens is 3. The lowest BCUT2D eigenvalue weighted by molar-refractivity contribution is -0.594. The van der Waals surface area contributed by atoms with Crippen molar-refractivity contribution < 1.29 is 26.3 Å². The molecule has 1 heterocycles. The number of aromatic nitrogens is 1. The van der Waals surface area contributed by atoms with Crippen LogP contribution >= 0.6 is 31.9 Å². The Hall–Kier alpha value is -0.910. The van der Waals surface area contributed by atoms with Crippen molar-refractivity contribution in [3.8, 4) is 11.4 Å². The molecule has 0 spiro atoms. The van der Waals surface area contributed by atoms with Gasteiger partial charge in [-0.15, -0.1) is 0 Å². The summed E-state index contributed by atoms with van der Waals surface area (Å²) < 4.78 is 9.60. The summed E-state index contributed by atoms with van der Waals surface area (Å²) in [4.78, 5) is 0. The van der Waals surface area contributed by atoms with Crippen LogP contribution in [0.5, 0.6) is 5.75 Å². The van der Waals surface area contributed by atoms with E-state index >= 15 is 0 Å². The predicted octanol–water partition coefficient (Wildman–Crippen LogP) is 1.65. The van der Waals surface area contributed by atoms with Crippen LogP contribution in [0.3, 0.4) is 0 Å². The Balaban J connectivity index is 0.00000161. The van der Waals surface area contributed by atoms with Gasteiger partial charge in [-0.1, -0.05) is 28.1 Å². The standard InChI is InChI=1S/C16H12Br2NO.BrH/c1-20-16-4-2-3-11-7-8-19(10-13(11)16)15-6-5-12(17)9-14(15)18;/h2-10H,1H3;1H/q+1;/p-1. The van der Waals surface area contributed by atoms with E-state index in [9.17, 15) is 0 Å². The van der Waals surface area contributed by atoms with Crippen LogP contribution in [0.1, 0.15) is 0 Å². The molecule has 21 heavy (non-hydrogen) atoms. The van der Waals surface area contributed by atoms with E-state index in [-0.39, 0.29) is 17.0 Å². The smallest absolute Gasteiger partial charge is 0.224 e. The van der Waals surface area contributed by atoms with E-state index < -0.39 is 0 Å². The molecule has 2 nitrogen and oxygen atoms in total. The quantitative estimate of drug-likeness (QED) is 0.516. The SMILES string of the molecule is COc1cccc2cc[n+](-c3ccc(Br)cc3Br)cc12.[Br-]. The van der Waals surface area contributed by atoms with E-state index in [1.807, 2.05) is 24.3 Å². The van der Waals surface area contributed by atoms with Crippen molar-refractivity contribution in [2.24, 2.45) is 0 Å². The highest BCUT2D eigenvalue weighted by Crippen LogP contribution is 2.26. The molecule has 5 heteroatoms. The molecule has 108 valence electrons. The van der Waals surface area contributed by atoms with Gasteiger partial charge in [0.2, 0.25) is 5.69 Å². The molecule has 1 aromatic heterocycles. The van der Waals surface area contributed by atoms with Crippen molar-refractivity contribution in [3.05, 3.63) is 63.8 Å². The number of benzene rings is 2. The third kappa shape index (κ3) is 3.30. The Bertz CT molecular complexity index is 790. The molecule has 0 saturated carbocycles. The number of hydrogen-bond acceptors (Lipinski definition) is 1. The first kappa shape index (κ1) is 16.5. The number of pyridine rings is 1. The third-order valence-corrected chi connectivity index (χ3v) is 4.32. The number of methoxy groups -OCH3 is 1. The molecule has 2 aromatic carbocycles. The second-order valence-electron chi connectivity index (χ2n) is 4.41. The predicted molar refractivity (Wildman–Crippen MR) is 87.4 cm³/mol. The van der Waals surface area contributed by atoms with Gasteiger partial charge in [0.15, 0.2) is 12.4 Å². The van der Waals surface area contributed by atoms with Crippen molar-refractivity contribution >= 4 is 42.6 Å². The zero-order valence-corrected chi connectivity index (χ0v) is 15.9. The summed E-state index contributed by atoms with van der Waals surface area (Å²) in [6, 6.07) is 14.3. The lowest BCUT2D eigenvalue weighted by Crippen LogP contribution is -3.00. The van der Waals surface area contributed by atoms with Crippen LogP contribution in [-0.4, -0.2) is 7.11 Å². The van der Waals surface area contributed by atoms with Crippen molar-refractivity contribution in [3.63, 3.8) is 0 Å². The molecule has 0 saturated heterocycles. The molecule has 0 atom stereocenters. The van der Waals surface area contributed by atoms with Crippen molar-refractivity contribution in [1.29, 1.82) is 0 Å². The fraction of sp³-hybridized carbons (Fsp3) is 0.0625. The largest absolute Gasteiger partial charge is 1.00 e. The van der Waals surface area contributed by atoms with Gasteiger partial charge in [0.05, 0.1) is 17.0 Å². The van der Waals surface area contributed by atoms with Crippen LogP contribution in [0.25, 0.3) is 16.5 Å². The van der Waals surface area contributed by atoms with Crippen LogP contribution in [0.4, 0.5) is 0 Å². The molecule has 0 amide bonds. The molecule has 0 aliphatic heterocycles. The highest BCUT2D eigenvalue weighted by Gasteiger charge is 2.13. The van der Waals surface area contributed by atoms with Crippen LogP contribution in [-0.2, 0) is 0 Å². The molecule has 0 unspecified atom stereocenters. The van der Waals surface area contributed by atoms with Gasteiger partial charge in [-0.05, 0) is 39.5 Å². The lowest BCUT2D eigenvalue weighted by Gasteiger charge is -2.05. The Kier molecular flexibility index (Phi) is 5.41. The number of ether oxygens (including phenoxy) is 1. The maximum atomic E-state index is 5.44. The minimum atomic E-state index is 0. The molecule has 0 radical (unpaired) electrons. The van der Waals surface area contributed by atoms with Gasteiger partial charge >= 0.3 is 0 Å². The molecule has 0 bridgehead atoms. The second-order valence-corrected chi connectivity index (χ2v) is 6.18. The van der Waals surface area contributed by atoms with Crippen molar-refractivity contribution in [2.45, 2.75) is 0 Å². The monoisotopic (exact) mass is 471 g/mol. The summed E-state index contributed by atoms with van der Waals surface area (Å²) in [5.74, 6) is 0.880. The van der Waals surface area contributed by atoms with E-state index in [0.717, 1.165) is 31.2 Å². The van der Waals surface area contributed by atoms with E-state index in [2.05, 4.69) is 67.0 Å². The minimum absolute atomic E-state index is 0. The van der Waals surface area contributed by atoms with Crippen LogP contribution in [0.15, 0.2) is 63.8 Å². The van der Waals surface area contributed by atoms with Crippen molar-refractivity contribution in [2.75, 3.05) is 7.11 Å². The van der Waals surface area contributed by atoms with Gasteiger partial charge in [-0.25, -0.2) is 0 Å². The topological polar surface area (TPSA) is 13.1 Å². The first-order chi connectivity index (χ1) is 9.69. The summed E-state index contributed by atoms with van der Waals surface area (Å²) in [5, 5.41) is 2.25. The van der Waals surface area contributed by atoms with Crippen LogP contribution < -0.4 is 26.3 Å². The van der Waals surface area contributed by atoms with Crippen LogP contribution in [0.2, 0.25) is 0 Å². The van der Waals surface area contributed by atoms with E-state index in [4.69, 9.17) is 4.74 Å². The second kappa shape index (κ2) is 6.90.